The molecule has 19 heteroatoms. The fraction of sp³-hybridized carbons (Fsp3) is 0.511. The number of carboxylic acids is 1. The molecule has 8 heterocycles. The van der Waals surface area contributed by atoms with Crippen LogP contribution in [0.2, 0.25) is 0 Å². The first-order valence-electron chi connectivity index (χ1n) is 21.9. The van der Waals surface area contributed by atoms with Crippen LogP contribution >= 0.6 is 0 Å². The monoisotopic (exact) mass is 938 g/mol. The maximum Gasteiger partial charge on any atom is 0.394 e. The molecule has 7 fully saturated rings. The zero-order valence-electron chi connectivity index (χ0n) is 37.0. The topological polar surface area (TPSA) is 284 Å². The first-order chi connectivity index (χ1) is 31.3. The molecule has 1 aliphatic carbocycles. The van der Waals surface area contributed by atoms with E-state index in [1.54, 1.807) is 26.6 Å². The lowest BCUT2D eigenvalue weighted by molar-refractivity contribution is -0.187. The summed E-state index contributed by atoms with van der Waals surface area (Å²) >= 11 is 0. The Balaban J connectivity index is 0.000000162. The summed E-state index contributed by atoms with van der Waals surface area (Å²) < 4.78 is 42.3. The molecule has 66 heavy (non-hydrogen) atoms. The van der Waals surface area contributed by atoms with Gasteiger partial charge in [-0.15, -0.1) is 13.2 Å². The van der Waals surface area contributed by atoms with Crippen molar-refractivity contribution in [2.24, 2.45) is 23.7 Å². The molecule has 0 spiro atoms. The van der Waals surface area contributed by atoms with Gasteiger partial charge in [-0.2, -0.15) is 8.42 Å². The quantitative estimate of drug-likeness (QED) is 0.0859. The minimum absolute atomic E-state index is 0.178. The van der Waals surface area contributed by atoms with Crippen LogP contribution in [0, 0.1) is 23.7 Å². The van der Waals surface area contributed by atoms with Crippen LogP contribution in [-0.2, 0) is 15.2 Å². The van der Waals surface area contributed by atoms with Gasteiger partial charge in [-0.25, -0.2) is 4.79 Å². The van der Waals surface area contributed by atoms with E-state index in [2.05, 4.69) is 45.1 Å². The fourth-order valence-corrected chi connectivity index (χ4v) is 10.3. The largest absolute Gasteiger partial charge is 0.497 e. The third kappa shape index (κ3) is 11.7. The molecule has 11 rings (SSSR count). The Morgan fingerprint density at radius 2 is 1.15 bits per heavy atom. The van der Waals surface area contributed by atoms with Crippen LogP contribution in [0.3, 0.4) is 0 Å². The molecule has 360 valence electrons. The molecule has 4 bridgehead atoms. The minimum Gasteiger partial charge on any atom is -0.497 e. The zero-order chi connectivity index (χ0) is 48.1. The van der Waals surface area contributed by atoms with Crippen molar-refractivity contribution in [1.29, 1.82) is 0 Å². The zero-order valence-corrected chi connectivity index (χ0v) is 37.8. The number of piperidine rings is 6. The van der Waals surface area contributed by atoms with Gasteiger partial charge < -0.3 is 45.2 Å². The van der Waals surface area contributed by atoms with Crippen molar-refractivity contribution >= 4 is 38.2 Å². The van der Waals surface area contributed by atoms with Gasteiger partial charge in [-0.3, -0.25) is 28.9 Å². The van der Waals surface area contributed by atoms with Crippen molar-refractivity contribution in [3.8, 4) is 11.5 Å². The number of methoxy groups -OCH3 is 2. The van der Waals surface area contributed by atoms with Gasteiger partial charge in [0.05, 0.1) is 49.7 Å². The number of aliphatic carboxylic acids is 1. The van der Waals surface area contributed by atoms with Gasteiger partial charge in [-0.1, -0.05) is 12.2 Å². The van der Waals surface area contributed by atoms with Crippen molar-refractivity contribution in [1.82, 2.24) is 19.8 Å². The molecule has 0 radical (unpaired) electrons. The van der Waals surface area contributed by atoms with E-state index in [1.807, 2.05) is 48.5 Å². The highest BCUT2D eigenvalue weighted by Gasteiger charge is 2.48. The molecule has 2 aromatic carbocycles. The standard InChI is InChI=1S/2C20H24N2O2.C7H12O6.H2O4S/c2*1-3-13-12-22-9-7-14(13)10-19(22)20(23)16-6-8-21-18-5-4-15(24-2)11-17(16)18;8-3-1-7(13,6(11)12)2-4(9)5(3)10;1-5(2,3)4/h2*3-6,8,11,13-14,19-20,23H,1,7,9-10,12H2,2H3;3-5,8-10,13H,1-2H2,(H,11,12);(H2,1,2,3,4)/t2*13-,14-,19-,20+;3-,4?,5-,7+;/m001./s1. The summed E-state index contributed by atoms with van der Waals surface area (Å²) in [7, 11) is -1.34. The lowest BCUT2D eigenvalue weighted by Crippen LogP contribution is -2.56. The molecule has 0 amide bonds. The molecule has 9 N–H and O–H groups in total. The summed E-state index contributed by atoms with van der Waals surface area (Å²) in [6, 6.07) is 15.9. The van der Waals surface area contributed by atoms with Crippen molar-refractivity contribution < 1.29 is 67.5 Å². The molecule has 7 aliphatic rings. The first-order valence-corrected chi connectivity index (χ1v) is 23.3. The number of pyridine rings is 2. The van der Waals surface area contributed by atoms with E-state index >= 15 is 0 Å². The van der Waals surface area contributed by atoms with Crippen molar-refractivity contribution in [3.05, 3.63) is 97.4 Å². The predicted octanol–water partition coefficient (Wildman–Crippen LogP) is 3.37. The van der Waals surface area contributed by atoms with Crippen LogP contribution in [0.5, 0.6) is 11.5 Å². The predicted molar refractivity (Wildman–Crippen MR) is 244 cm³/mol. The number of carbonyl (C=O) groups is 1. The third-order valence-corrected chi connectivity index (χ3v) is 13.9. The molecule has 1 saturated carbocycles. The average molecular weight is 939 g/mol. The number of fused-ring (bicyclic) bond motifs is 8. The first kappa shape index (κ1) is 50.8. The Morgan fingerprint density at radius 1 is 0.758 bits per heavy atom. The Kier molecular flexibility index (Phi) is 16.6. The number of benzene rings is 2. The van der Waals surface area contributed by atoms with Gasteiger partial charge in [0.2, 0.25) is 0 Å². The second-order valence-corrected chi connectivity index (χ2v) is 18.7. The van der Waals surface area contributed by atoms with Crippen molar-refractivity contribution in [3.63, 3.8) is 0 Å². The summed E-state index contributed by atoms with van der Waals surface area (Å²) in [6.07, 6.45) is 6.08. The van der Waals surface area contributed by atoms with Gasteiger partial charge in [0.25, 0.3) is 0 Å². The Bertz CT molecular complexity index is 2290. The number of hydrogen-bond donors (Lipinski definition) is 9. The van der Waals surface area contributed by atoms with Crippen molar-refractivity contribution in [2.45, 2.75) is 86.7 Å². The van der Waals surface area contributed by atoms with Crippen molar-refractivity contribution in [2.75, 3.05) is 40.4 Å². The van der Waals surface area contributed by atoms with E-state index in [0.29, 0.717) is 23.7 Å². The molecule has 6 saturated heterocycles. The van der Waals surface area contributed by atoms with Crippen LogP contribution in [-0.4, -0.2) is 155 Å². The summed E-state index contributed by atoms with van der Waals surface area (Å²) in [4.78, 5) is 24.2. The van der Waals surface area contributed by atoms with Crippen LogP contribution in [0.4, 0.5) is 0 Å². The SMILES string of the molecule is C=C[C@H]1C[N@]2CC[C@H]1C[C@H]2[C@H](O)c1ccnc2ccc(OC)cc12.C=C[C@H]1C[N@]2CC[C@H]1C[C@H]2[C@H](O)c1ccnc2ccc(OC)cc12.O=C(O)[C@@]1(O)CC(O)[C@H](O)[C@H](O)C1.O=S(=O)(O)O. The Morgan fingerprint density at radius 3 is 1.47 bits per heavy atom. The number of aliphatic hydroxyl groups is 6. The van der Waals surface area contributed by atoms with E-state index in [1.165, 1.54) is 12.8 Å². The van der Waals surface area contributed by atoms with E-state index < -0.39 is 65.3 Å². The lowest BCUT2D eigenvalue weighted by Gasteiger charge is -2.50. The molecule has 4 aromatic rings. The van der Waals surface area contributed by atoms with E-state index in [0.717, 1.165) is 83.5 Å². The van der Waals surface area contributed by atoms with E-state index in [-0.39, 0.29) is 12.1 Å². The van der Waals surface area contributed by atoms with Gasteiger partial charge in [-0.05, 0) is 122 Å². The highest BCUT2D eigenvalue weighted by molar-refractivity contribution is 7.79. The lowest BCUT2D eigenvalue weighted by atomic mass is 9.73. The number of ether oxygens (including phenoxy) is 2. The highest BCUT2D eigenvalue weighted by Crippen LogP contribution is 2.44. The fourth-order valence-electron chi connectivity index (χ4n) is 10.3. The van der Waals surface area contributed by atoms with E-state index in [4.69, 9.17) is 47.4 Å². The molecular weight excluding hydrogens is 877 g/mol. The number of aromatic nitrogens is 2. The molecule has 1 unspecified atom stereocenters. The average Bonchev–Trinajstić information content (AvgIpc) is 3.31. The third-order valence-electron chi connectivity index (χ3n) is 13.9. The maximum absolute atomic E-state index is 11.2. The molecular formula is C47H62N4O14S. The number of hydrogen-bond acceptors (Lipinski definition) is 15. The van der Waals surface area contributed by atoms with Gasteiger partial charge in [0.15, 0.2) is 5.60 Å². The molecule has 14 atom stereocenters. The second kappa shape index (κ2) is 21.5. The summed E-state index contributed by atoms with van der Waals surface area (Å²) in [5.41, 5.74) is 1.55. The smallest absolute Gasteiger partial charge is 0.394 e. The van der Waals surface area contributed by atoms with Crippen LogP contribution in [0.15, 0.2) is 86.2 Å². The summed E-state index contributed by atoms with van der Waals surface area (Å²) in [5.74, 6) is 2.51. The number of nitrogens with zero attached hydrogens (tertiary/aromatic N) is 4. The van der Waals surface area contributed by atoms with Crippen LogP contribution in [0.1, 0.15) is 61.9 Å². The number of carboxylic acid groups (broad SMARTS) is 1. The summed E-state index contributed by atoms with van der Waals surface area (Å²) in [5, 5.41) is 69.5. The number of rotatable bonds is 9. The maximum atomic E-state index is 11.2. The Labute approximate surface area is 384 Å². The van der Waals surface area contributed by atoms with Gasteiger partial charge >= 0.3 is 16.4 Å². The Hall–Kier alpha value is -4.64. The van der Waals surface area contributed by atoms with Crippen LogP contribution < -0.4 is 9.47 Å². The van der Waals surface area contributed by atoms with Gasteiger partial charge in [0.1, 0.15) is 17.6 Å². The second-order valence-electron chi connectivity index (χ2n) is 17.8. The molecule has 6 aliphatic heterocycles. The highest BCUT2D eigenvalue weighted by atomic mass is 32.3. The normalized spacial score (nSPS) is 31.9. The molecule has 2 aromatic heterocycles. The van der Waals surface area contributed by atoms with Gasteiger partial charge in [0, 0.05) is 61.2 Å². The minimum atomic E-state index is -4.67. The van der Waals surface area contributed by atoms with E-state index in [9.17, 15) is 20.1 Å². The molecule has 18 nitrogen and oxygen atoms in total. The van der Waals surface area contributed by atoms with Crippen LogP contribution in [0.25, 0.3) is 21.8 Å². The summed E-state index contributed by atoms with van der Waals surface area (Å²) in [6.45, 7) is 12.1. The number of aliphatic hydroxyl groups excluding tert-OH is 5.